The topological polar surface area (TPSA) is 17.1 Å². The van der Waals surface area contributed by atoms with Gasteiger partial charge in [-0.2, -0.15) is 0 Å². The van der Waals surface area contributed by atoms with E-state index in [1.165, 1.54) is 135 Å². The van der Waals surface area contributed by atoms with Gasteiger partial charge in [-0.3, -0.25) is 4.79 Å². The first-order valence-electron chi connectivity index (χ1n) is 20.9. The Balaban J connectivity index is 1.26. The third-order valence-corrected chi connectivity index (χ3v) is 12.7. The highest BCUT2D eigenvalue weighted by Gasteiger charge is 2.42. The minimum absolute atomic E-state index is 0.322. The molecule has 0 N–H and O–H groups in total. The van der Waals surface area contributed by atoms with Crippen LogP contribution in [-0.4, -0.2) is 5.78 Å². The summed E-state index contributed by atoms with van der Waals surface area (Å²) in [4.78, 5) is 13.2. The SMILES string of the molecule is CCCCCC=CCC=CCCCCCCCCC(=O)[C@H]1CCC2C(=CCCC2CC[C@@]2(C)CCC[C@@H]2[C@H](C)CCCC(C)C)C1. The lowest BCUT2D eigenvalue weighted by molar-refractivity contribution is -0.123. The highest BCUT2D eigenvalue weighted by atomic mass is 16.1. The highest BCUT2D eigenvalue weighted by molar-refractivity contribution is 5.81. The van der Waals surface area contributed by atoms with Crippen molar-refractivity contribution >= 4 is 5.78 Å². The first kappa shape index (κ1) is 39.3. The van der Waals surface area contributed by atoms with E-state index < -0.39 is 0 Å². The van der Waals surface area contributed by atoms with Gasteiger partial charge < -0.3 is 0 Å². The third-order valence-electron chi connectivity index (χ3n) is 12.7. The number of allylic oxidation sites excluding steroid dienone is 6. The van der Waals surface area contributed by atoms with Gasteiger partial charge in [0.15, 0.2) is 0 Å². The summed E-state index contributed by atoms with van der Waals surface area (Å²) in [6.45, 7) is 12.2. The lowest BCUT2D eigenvalue weighted by Crippen LogP contribution is -2.32. The normalized spacial score (nSPS) is 27.5. The minimum Gasteiger partial charge on any atom is -0.299 e. The zero-order chi connectivity index (χ0) is 33.0. The van der Waals surface area contributed by atoms with Crippen LogP contribution in [0.1, 0.15) is 202 Å². The molecule has 264 valence electrons. The van der Waals surface area contributed by atoms with E-state index in [2.05, 4.69) is 65.0 Å². The molecule has 0 spiro atoms. The van der Waals surface area contributed by atoms with Gasteiger partial charge in [-0.15, -0.1) is 0 Å². The predicted molar refractivity (Wildman–Crippen MR) is 203 cm³/mol. The van der Waals surface area contributed by atoms with Gasteiger partial charge in [0, 0.05) is 12.3 Å². The molecule has 0 radical (unpaired) electrons. The lowest BCUT2D eigenvalue weighted by Gasteiger charge is -2.41. The molecule has 1 heteroatoms. The van der Waals surface area contributed by atoms with Crippen LogP contribution in [0.4, 0.5) is 0 Å². The molecule has 1 nitrogen and oxygen atoms in total. The fourth-order valence-electron chi connectivity index (χ4n) is 9.78. The van der Waals surface area contributed by atoms with E-state index in [4.69, 9.17) is 0 Å². The van der Waals surface area contributed by atoms with Gasteiger partial charge in [0.05, 0.1) is 0 Å². The van der Waals surface area contributed by atoms with Crippen LogP contribution in [0.15, 0.2) is 36.0 Å². The van der Waals surface area contributed by atoms with Crippen LogP contribution >= 0.6 is 0 Å². The molecule has 0 heterocycles. The van der Waals surface area contributed by atoms with E-state index >= 15 is 0 Å². The molecule has 46 heavy (non-hydrogen) atoms. The second-order valence-corrected chi connectivity index (χ2v) is 17.0. The quantitative estimate of drug-likeness (QED) is 0.0762. The van der Waals surface area contributed by atoms with Gasteiger partial charge in [0.25, 0.3) is 0 Å². The number of ketones is 1. The number of carbonyl (C=O) groups excluding carboxylic acids is 1. The molecule has 0 aliphatic heterocycles. The molecule has 0 amide bonds. The van der Waals surface area contributed by atoms with Gasteiger partial charge >= 0.3 is 0 Å². The number of unbranched alkanes of at least 4 members (excludes halogenated alkanes) is 9. The second-order valence-electron chi connectivity index (χ2n) is 17.0. The summed E-state index contributed by atoms with van der Waals surface area (Å²) in [7, 11) is 0. The Morgan fingerprint density at radius 3 is 2.30 bits per heavy atom. The summed E-state index contributed by atoms with van der Waals surface area (Å²) >= 11 is 0. The first-order valence-corrected chi connectivity index (χ1v) is 20.9. The summed E-state index contributed by atoms with van der Waals surface area (Å²) in [5.74, 6) is 5.23. The molecule has 0 aromatic carbocycles. The molecular weight excluding hydrogens is 556 g/mol. The van der Waals surface area contributed by atoms with Gasteiger partial charge in [-0.1, -0.05) is 135 Å². The Labute approximate surface area is 288 Å². The third kappa shape index (κ3) is 14.2. The number of rotatable bonds is 24. The van der Waals surface area contributed by atoms with Crippen molar-refractivity contribution < 1.29 is 4.79 Å². The van der Waals surface area contributed by atoms with Crippen molar-refractivity contribution in [3.05, 3.63) is 36.0 Å². The van der Waals surface area contributed by atoms with Crippen LogP contribution in [0, 0.1) is 40.9 Å². The summed E-state index contributed by atoms with van der Waals surface area (Å²) in [5.41, 5.74) is 2.25. The van der Waals surface area contributed by atoms with Crippen LogP contribution in [0.5, 0.6) is 0 Å². The maximum atomic E-state index is 13.2. The second kappa shape index (κ2) is 22.5. The van der Waals surface area contributed by atoms with Gasteiger partial charge in [0.2, 0.25) is 0 Å². The molecule has 6 atom stereocenters. The molecule has 3 aliphatic rings. The zero-order valence-electron chi connectivity index (χ0n) is 31.6. The summed E-state index contributed by atoms with van der Waals surface area (Å²) in [6.07, 6.45) is 45.6. The zero-order valence-corrected chi connectivity index (χ0v) is 31.6. The largest absolute Gasteiger partial charge is 0.299 e. The molecule has 3 rings (SSSR count). The van der Waals surface area contributed by atoms with Crippen LogP contribution in [0.2, 0.25) is 0 Å². The average molecular weight is 635 g/mol. The molecule has 2 saturated carbocycles. The van der Waals surface area contributed by atoms with Crippen molar-refractivity contribution in [3.8, 4) is 0 Å². The molecule has 3 aliphatic carbocycles. The molecule has 0 aromatic rings. The van der Waals surface area contributed by atoms with Crippen molar-refractivity contribution in [2.75, 3.05) is 0 Å². The molecule has 0 aromatic heterocycles. The van der Waals surface area contributed by atoms with Crippen LogP contribution in [-0.2, 0) is 4.79 Å². The van der Waals surface area contributed by atoms with Crippen molar-refractivity contribution in [2.45, 2.75) is 202 Å². The molecular formula is C45H78O. The van der Waals surface area contributed by atoms with Crippen LogP contribution in [0.25, 0.3) is 0 Å². The lowest BCUT2D eigenvalue weighted by atomic mass is 9.63. The summed E-state index contributed by atoms with van der Waals surface area (Å²) in [5, 5.41) is 0. The van der Waals surface area contributed by atoms with E-state index in [0.29, 0.717) is 17.1 Å². The Morgan fingerprint density at radius 1 is 0.848 bits per heavy atom. The fraction of sp³-hybridized carbons (Fsp3) is 0.844. The number of Topliss-reactive ketones (excluding diaryl/α,β-unsaturated/α-hetero) is 1. The predicted octanol–water partition coefficient (Wildman–Crippen LogP) is 14.6. The Morgan fingerprint density at radius 2 is 1.57 bits per heavy atom. The van der Waals surface area contributed by atoms with Crippen molar-refractivity contribution in [1.29, 1.82) is 0 Å². The maximum absolute atomic E-state index is 13.2. The van der Waals surface area contributed by atoms with Crippen LogP contribution in [0.3, 0.4) is 0 Å². The van der Waals surface area contributed by atoms with Crippen molar-refractivity contribution in [1.82, 2.24) is 0 Å². The van der Waals surface area contributed by atoms with Crippen LogP contribution < -0.4 is 0 Å². The molecule has 0 saturated heterocycles. The molecule has 2 unspecified atom stereocenters. The first-order chi connectivity index (χ1) is 22.3. The molecule has 0 bridgehead atoms. The summed E-state index contributed by atoms with van der Waals surface area (Å²) < 4.78 is 0. The number of fused-ring (bicyclic) bond motifs is 1. The van der Waals surface area contributed by atoms with E-state index in [1.807, 2.05) is 0 Å². The van der Waals surface area contributed by atoms with E-state index in [0.717, 1.165) is 61.7 Å². The monoisotopic (exact) mass is 635 g/mol. The minimum atomic E-state index is 0.322. The highest BCUT2D eigenvalue weighted by Crippen LogP contribution is 2.53. The number of hydrogen-bond donors (Lipinski definition) is 0. The van der Waals surface area contributed by atoms with Crippen molar-refractivity contribution in [3.63, 3.8) is 0 Å². The number of hydrogen-bond acceptors (Lipinski definition) is 1. The Hall–Kier alpha value is -1.11. The Kier molecular flexibility index (Phi) is 19.2. The molecule has 2 fully saturated rings. The smallest absolute Gasteiger partial charge is 0.136 e. The van der Waals surface area contributed by atoms with E-state index in [1.54, 1.807) is 5.57 Å². The van der Waals surface area contributed by atoms with Gasteiger partial charge in [0.1, 0.15) is 5.78 Å². The maximum Gasteiger partial charge on any atom is 0.136 e. The van der Waals surface area contributed by atoms with Gasteiger partial charge in [-0.05, 0) is 131 Å². The van der Waals surface area contributed by atoms with E-state index in [-0.39, 0.29) is 0 Å². The Bertz CT molecular complexity index is 906. The fourth-order valence-corrected chi connectivity index (χ4v) is 9.78. The van der Waals surface area contributed by atoms with Gasteiger partial charge in [-0.25, -0.2) is 0 Å². The average Bonchev–Trinajstić information content (AvgIpc) is 3.44. The number of carbonyl (C=O) groups is 1. The van der Waals surface area contributed by atoms with E-state index in [9.17, 15) is 4.79 Å². The summed E-state index contributed by atoms with van der Waals surface area (Å²) in [6, 6.07) is 0. The standard InChI is InChI=1S/C45H78O/c1-6-7-8-9-10-11-12-13-14-15-16-17-18-19-20-21-30-44(46)41-31-32-42-39(27-23-28-40(42)36-41)33-35-45(5)34-24-29-43(45)38(4)26-22-25-37(2)3/h10-11,13-14,28,37-39,41-43H,6-9,12,15-27,29-36H2,1-5H3/t38-,39?,41+,42?,43-,45-/m1/s1. The van der Waals surface area contributed by atoms with Crippen molar-refractivity contribution in [2.24, 2.45) is 40.9 Å².